The van der Waals surface area contributed by atoms with Crippen LogP contribution < -0.4 is 15.8 Å². The molecule has 33 heavy (non-hydrogen) atoms. The first-order valence-electron chi connectivity index (χ1n) is 11.0. The molecule has 3 aliphatic rings. The zero-order chi connectivity index (χ0) is 23.5. The molecule has 1 aliphatic heterocycles. The van der Waals surface area contributed by atoms with E-state index in [2.05, 4.69) is 23.6 Å². The zero-order valence-electron chi connectivity index (χ0n) is 18.0. The molecule has 2 aromatic rings. The number of amides is 1. The molecule has 0 radical (unpaired) electrons. The van der Waals surface area contributed by atoms with Gasteiger partial charge in [-0.05, 0) is 65.0 Å². The Balaban J connectivity index is 1.27. The van der Waals surface area contributed by atoms with Crippen LogP contribution in [0.4, 0.5) is 4.39 Å². The van der Waals surface area contributed by atoms with Crippen LogP contribution in [0.5, 0.6) is 0 Å². The molecule has 1 saturated heterocycles. The normalized spacial score (nSPS) is 30.4. The Morgan fingerprint density at radius 3 is 2.70 bits per heavy atom. The molecule has 2 aliphatic carbocycles. The van der Waals surface area contributed by atoms with E-state index in [1.54, 1.807) is 18.2 Å². The molecule has 0 spiro atoms. The molecular formula is C24H25FN4O3S. The van der Waals surface area contributed by atoms with Crippen LogP contribution >= 0.6 is 0 Å². The maximum Gasteiger partial charge on any atom is 0.238 e. The van der Waals surface area contributed by atoms with Crippen molar-refractivity contribution in [3.05, 3.63) is 53.8 Å². The number of carbonyl (C=O) groups excluding carboxylic acids is 1. The van der Waals surface area contributed by atoms with Crippen LogP contribution in [-0.2, 0) is 21.2 Å². The van der Waals surface area contributed by atoms with Gasteiger partial charge in [-0.15, -0.1) is 0 Å². The number of hydrogen-bond donors (Lipinski definition) is 3. The van der Waals surface area contributed by atoms with Gasteiger partial charge in [0.1, 0.15) is 11.9 Å². The van der Waals surface area contributed by atoms with Crippen LogP contribution in [0, 0.1) is 40.8 Å². The molecule has 2 saturated carbocycles. The third-order valence-corrected chi connectivity index (χ3v) is 8.46. The third-order valence-electron chi connectivity index (χ3n) is 7.55. The summed E-state index contributed by atoms with van der Waals surface area (Å²) in [5, 5.41) is 20.9. The summed E-state index contributed by atoms with van der Waals surface area (Å²) in [6.07, 6.45) is 1.05. The van der Waals surface area contributed by atoms with Crippen molar-refractivity contribution in [2.24, 2.45) is 28.8 Å². The lowest BCUT2D eigenvalue weighted by Gasteiger charge is -2.23. The molecule has 172 valence electrons. The molecule has 3 fully saturated rings. The van der Waals surface area contributed by atoms with Crippen LogP contribution in [0.1, 0.15) is 18.9 Å². The first kappa shape index (κ1) is 22.0. The minimum Gasteiger partial charge on any atom is -0.339 e. The van der Waals surface area contributed by atoms with Gasteiger partial charge in [0, 0.05) is 12.5 Å². The first-order valence-corrected chi connectivity index (χ1v) is 12.6. The van der Waals surface area contributed by atoms with Gasteiger partial charge in [0.2, 0.25) is 15.9 Å². The summed E-state index contributed by atoms with van der Waals surface area (Å²) in [5.41, 5.74) is 1.29. The van der Waals surface area contributed by atoms with E-state index in [1.165, 1.54) is 24.3 Å². The van der Waals surface area contributed by atoms with Crippen molar-refractivity contribution in [3.8, 4) is 17.2 Å². The van der Waals surface area contributed by atoms with E-state index in [1.807, 2.05) is 0 Å². The van der Waals surface area contributed by atoms with E-state index in [0.29, 0.717) is 46.4 Å². The van der Waals surface area contributed by atoms with Gasteiger partial charge in [-0.3, -0.25) is 4.79 Å². The molecule has 7 atom stereocenters. The van der Waals surface area contributed by atoms with Gasteiger partial charge in [-0.25, -0.2) is 17.9 Å². The van der Waals surface area contributed by atoms with Crippen LogP contribution in [0.2, 0.25) is 0 Å². The lowest BCUT2D eigenvalue weighted by Crippen LogP contribution is -2.51. The average molecular weight is 469 g/mol. The summed E-state index contributed by atoms with van der Waals surface area (Å²) in [6, 6.07) is 11.8. The Hall–Kier alpha value is -2.80. The first-order chi connectivity index (χ1) is 15.7. The Labute approximate surface area is 192 Å². The number of nitrogens with two attached hydrogens (primary N) is 1. The number of carbonyl (C=O) groups is 1. The van der Waals surface area contributed by atoms with Crippen molar-refractivity contribution in [3.63, 3.8) is 0 Å². The lowest BCUT2D eigenvalue weighted by atomic mass is 9.94. The van der Waals surface area contributed by atoms with Gasteiger partial charge in [0.15, 0.2) is 0 Å². The molecule has 9 heteroatoms. The number of fused-ring (bicyclic) bond motifs is 5. The summed E-state index contributed by atoms with van der Waals surface area (Å²) in [4.78, 5) is 12.8. The maximum atomic E-state index is 14.9. The third kappa shape index (κ3) is 3.92. The van der Waals surface area contributed by atoms with E-state index in [-0.39, 0.29) is 23.3 Å². The van der Waals surface area contributed by atoms with Gasteiger partial charge in [-0.1, -0.05) is 31.2 Å². The summed E-state index contributed by atoms with van der Waals surface area (Å²) >= 11 is 0. The van der Waals surface area contributed by atoms with Gasteiger partial charge in [0.05, 0.1) is 17.0 Å². The van der Waals surface area contributed by atoms with E-state index >= 15 is 0 Å². The highest BCUT2D eigenvalue weighted by Gasteiger charge is 2.67. The number of hydrogen-bond acceptors (Lipinski definition) is 5. The molecule has 2 bridgehead atoms. The largest absolute Gasteiger partial charge is 0.339 e. The molecule has 0 aromatic heterocycles. The second-order valence-corrected chi connectivity index (χ2v) is 11.0. The van der Waals surface area contributed by atoms with E-state index in [0.717, 1.165) is 6.42 Å². The number of primary sulfonamides is 1. The number of sulfonamides is 1. The van der Waals surface area contributed by atoms with Crippen LogP contribution in [0.3, 0.4) is 0 Å². The topological polar surface area (TPSA) is 125 Å². The Kier molecular flexibility index (Phi) is 5.27. The summed E-state index contributed by atoms with van der Waals surface area (Å²) in [7, 11) is -3.87. The number of piperidine rings is 1. The van der Waals surface area contributed by atoms with Crippen molar-refractivity contribution in [1.29, 1.82) is 5.26 Å². The van der Waals surface area contributed by atoms with Crippen molar-refractivity contribution >= 4 is 15.9 Å². The van der Waals surface area contributed by atoms with E-state index in [4.69, 9.17) is 5.14 Å². The molecular weight excluding hydrogens is 443 g/mol. The lowest BCUT2D eigenvalue weighted by molar-refractivity contribution is -0.124. The van der Waals surface area contributed by atoms with Crippen LogP contribution in [0.15, 0.2) is 47.4 Å². The molecule has 2 aromatic carbocycles. The van der Waals surface area contributed by atoms with Gasteiger partial charge < -0.3 is 10.6 Å². The van der Waals surface area contributed by atoms with Crippen molar-refractivity contribution in [2.45, 2.75) is 42.8 Å². The predicted octanol–water partition coefficient (Wildman–Crippen LogP) is 1.93. The Bertz CT molecular complexity index is 1270. The highest BCUT2D eigenvalue weighted by molar-refractivity contribution is 7.89. The molecule has 7 nitrogen and oxygen atoms in total. The number of nitriles is 1. The summed E-state index contributed by atoms with van der Waals surface area (Å²) in [5.74, 6) is 1.54. The second-order valence-electron chi connectivity index (χ2n) is 9.44. The minimum absolute atomic E-state index is 0.0366. The molecule has 1 amide bonds. The van der Waals surface area contributed by atoms with Crippen molar-refractivity contribution in [1.82, 2.24) is 10.6 Å². The van der Waals surface area contributed by atoms with E-state index in [9.17, 15) is 22.9 Å². The van der Waals surface area contributed by atoms with Crippen molar-refractivity contribution < 1.29 is 17.6 Å². The molecule has 5 rings (SSSR count). The quantitative estimate of drug-likeness (QED) is 0.597. The van der Waals surface area contributed by atoms with Gasteiger partial charge in [-0.2, -0.15) is 5.26 Å². The number of nitrogens with zero attached hydrogens (tertiary/aromatic N) is 1. The number of nitrogens with one attached hydrogen (secondary N) is 2. The zero-order valence-corrected chi connectivity index (χ0v) is 18.8. The number of benzene rings is 2. The highest BCUT2D eigenvalue weighted by atomic mass is 32.2. The number of rotatable bonds is 6. The second kappa shape index (κ2) is 7.90. The fourth-order valence-corrected chi connectivity index (χ4v) is 6.52. The number of halogens is 1. The average Bonchev–Trinajstić information content (AvgIpc) is 3.13. The van der Waals surface area contributed by atoms with Crippen LogP contribution in [0.25, 0.3) is 11.1 Å². The monoisotopic (exact) mass is 468 g/mol. The Morgan fingerprint density at radius 1 is 1.27 bits per heavy atom. The van der Waals surface area contributed by atoms with Crippen LogP contribution in [-0.4, -0.2) is 32.5 Å². The van der Waals surface area contributed by atoms with E-state index < -0.39 is 21.9 Å². The van der Waals surface area contributed by atoms with Gasteiger partial charge >= 0.3 is 0 Å². The summed E-state index contributed by atoms with van der Waals surface area (Å²) < 4.78 is 38.0. The highest BCUT2D eigenvalue weighted by Crippen LogP contribution is 2.64. The van der Waals surface area contributed by atoms with Gasteiger partial charge in [0.25, 0.3) is 0 Å². The standard InChI is InChI=1S/C24H25FN4O3S/c1-12-21-18-10-20(22(12)21)29-23(18)24(30)28-16(11-26)7-15-6-5-14(9-19(15)25)13-3-2-4-17(8-13)33(27,31)32/h2-6,8-9,12,16,18,20-23,29H,7,10H2,1H3,(H,28,30)(H2,27,31,32)/t12-,16-,18+,20-,21-,22+,23-/m0/s1. The molecule has 4 N–H and O–H groups in total. The molecule has 0 unspecified atom stereocenters. The fourth-order valence-electron chi connectivity index (χ4n) is 5.96. The smallest absolute Gasteiger partial charge is 0.238 e. The Morgan fingerprint density at radius 2 is 2.03 bits per heavy atom. The maximum absolute atomic E-state index is 14.9. The van der Waals surface area contributed by atoms with Crippen molar-refractivity contribution in [2.75, 3.05) is 0 Å². The molecule has 1 heterocycles. The fraction of sp³-hybridized carbons (Fsp3) is 0.417. The minimum atomic E-state index is -3.87. The summed E-state index contributed by atoms with van der Waals surface area (Å²) in [6.45, 7) is 2.23. The SMILES string of the molecule is C[C@H]1[C@H]2[C@H]3C[C@H](N[C@@H]3C(=O)N[C@H](C#N)Cc3ccc(-c4cccc(S(N)(=O)=O)c4)cc3F)[C@@H]12. The predicted molar refractivity (Wildman–Crippen MR) is 119 cm³/mol.